The van der Waals surface area contributed by atoms with E-state index in [0.717, 1.165) is 22.6 Å². The summed E-state index contributed by atoms with van der Waals surface area (Å²) in [6.45, 7) is 2.24. The Hall–Kier alpha value is -3.44. The zero-order chi connectivity index (χ0) is 23.4. The lowest BCUT2D eigenvalue weighted by Gasteiger charge is -2.24. The third-order valence-electron chi connectivity index (χ3n) is 4.71. The van der Waals surface area contributed by atoms with E-state index in [2.05, 4.69) is 9.39 Å². The molecule has 2 aromatic carbocycles. The Bertz CT molecular complexity index is 1270. The van der Waals surface area contributed by atoms with Crippen molar-refractivity contribution in [1.82, 2.24) is 4.90 Å². The Balaban J connectivity index is 1.43. The van der Waals surface area contributed by atoms with Crippen LogP contribution in [-0.2, 0) is 14.6 Å². The summed E-state index contributed by atoms with van der Waals surface area (Å²) >= 11 is 0.771. The van der Waals surface area contributed by atoms with E-state index in [1.807, 2.05) is 30.3 Å². The fourth-order valence-corrected chi connectivity index (χ4v) is 4.95. The molecule has 11 heteroatoms. The number of hydrogen-bond acceptors (Lipinski definition) is 8. The lowest BCUT2D eigenvalue weighted by Crippen LogP contribution is -2.45. The summed E-state index contributed by atoms with van der Waals surface area (Å²) in [5.41, 5.74) is 0.614. The number of sulfone groups is 1. The normalized spacial score (nSPS) is 17.0. The van der Waals surface area contributed by atoms with E-state index in [4.69, 9.17) is 14.9 Å². The van der Waals surface area contributed by atoms with Gasteiger partial charge in [0.25, 0.3) is 5.91 Å². The Morgan fingerprint density at radius 2 is 1.67 bits per heavy atom. The van der Waals surface area contributed by atoms with Gasteiger partial charge in [0.2, 0.25) is 20.2 Å². The Morgan fingerprint density at radius 3 is 2.30 bits per heavy atom. The summed E-state index contributed by atoms with van der Waals surface area (Å²) < 4.78 is 39.8. The minimum Gasteiger partial charge on any atom is -0.490 e. The first-order valence-electron chi connectivity index (χ1n) is 10.0. The van der Waals surface area contributed by atoms with Gasteiger partial charge >= 0.3 is 0 Å². The molecule has 2 aromatic rings. The van der Waals surface area contributed by atoms with E-state index in [1.165, 1.54) is 13.0 Å². The minimum atomic E-state index is -3.68. The van der Waals surface area contributed by atoms with Gasteiger partial charge in [-0.3, -0.25) is 10.2 Å². The SMILES string of the molecule is CCS(=O)(=O)C1=NSC2=NC(=O)/C(=C\c3ccc(OCCOc4ccccc4)cc3)C(=N)N21. The lowest BCUT2D eigenvalue weighted by molar-refractivity contribution is -0.114. The van der Waals surface area contributed by atoms with Gasteiger partial charge in [0.1, 0.15) is 30.5 Å². The second-order valence-corrected chi connectivity index (χ2v) is 9.79. The molecule has 0 saturated heterocycles. The van der Waals surface area contributed by atoms with Crippen molar-refractivity contribution in [2.24, 2.45) is 9.39 Å². The second kappa shape index (κ2) is 9.59. The molecule has 2 aliphatic rings. The minimum absolute atomic E-state index is 0.0230. The molecule has 1 amide bonds. The molecule has 9 nitrogen and oxygen atoms in total. The number of benzene rings is 2. The van der Waals surface area contributed by atoms with Crippen molar-refractivity contribution in [3.05, 3.63) is 65.7 Å². The van der Waals surface area contributed by atoms with E-state index < -0.39 is 15.7 Å². The van der Waals surface area contributed by atoms with Gasteiger partial charge in [-0.15, -0.1) is 0 Å². The van der Waals surface area contributed by atoms with Crippen LogP contribution in [0.5, 0.6) is 11.5 Å². The standard InChI is InChI=1S/C22H20N4O5S2/c1-2-33(28,29)22-25-32-21-24-20(27)18(19(23)26(21)22)14-15-8-10-17(11-9-15)31-13-12-30-16-6-4-3-5-7-16/h3-11,14,23H,2,12-13H2,1H3/b18-14-,23-19?. The van der Waals surface area contributed by atoms with E-state index in [0.29, 0.717) is 24.5 Å². The number of ether oxygens (including phenoxy) is 2. The van der Waals surface area contributed by atoms with Crippen LogP contribution in [0.4, 0.5) is 0 Å². The van der Waals surface area contributed by atoms with Crippen molar-refractivity contribution in [3.63, 3.8) is 0 Å². The molecule has 0 aliphatic carbocycles. The number of amides is 1. The van der Waals surface area contributed by atoms with Crippen LogP contribution in [0.15, 0.2) is 69.6 Å². The monoisotopic (exact) mass is 484 g/mol. The van der Waals surface area contributed by atoms with E-state index >= 15 is 0 Å². The van der Waals surface area contributed by atoms with Crippen molar-refractivity contribution in [2.45, 2.75) is 6.92 Å². The number of hydrogen-bond donors (Lipinski definition) is 1. The summed E-state index contributed by atoms with van der Waals surface area (Å²) in [6.07, 6.45) is 1.49. The molecule has 2 aliphatic heterocycles. The fraction of sp³-hybridized carbons (Fsp3) is 0.182. The molecule has 0 saturated carbocycles. The number of carbonyl (C=O) groups excluding carboxylic acids is 1. The van der Waals surface area contributed by atoms with Crippen LogP contribution in [0.2, 0.25) is 0 Å². The zero-order valence-corrected chi connectivity index (χ0v) is 19.2. The van der Waals surface area contributed by atoms with Crippen molar-refractivity contribution in [3.8, 4) is 11.5 Å². The molecule has 0 unspecified atom stereocenters. The second-order valence-electron chi connectivity index (χ2n) is 6.89. The molecule has 0 fully saturated rings. The topological polar surface area (TPSA) is 121 Å². The highest BCUT2D eigenvalue weighted by atomic mass is 32.2. The lowest BCUT2D eigenvalue weighted by atomic mass is 10.1. The Kier molecular flexibility index (Phi) is 6.61. The van der Waals surface area contributed by atoms with Gasteiger partial charge in [0.05, 0.1) is 23.3 Å². The third kappa shape index (κ3) is 4.99. The van der Waals surface area contributed by atoms with Crippen LogP contribution in [0.3, 0.4) is 0 Å². The van der Waals surface area contributed by atoms with E-state index in [-0.39, 0.29) is 27.5 Å². The molecule has 0 aromatic heterocycles. The van der Waals surface area contributed by atoms with Crippen LogP contribution < -0.4 is 9.47 Å². The molecule has 4 rings (SSSR count). The number of carbonyl (C=O) groups is 1. The summed E-state index contributed by atoms with van der Waals surface area (Å²) in [6, 6.07) is 16.4. The molecular weight excluding hydrogens is 464 g/mol. The van der Waals surface area contributed by atoms with Gasteiger partial charge in [-0.2, -0.15) is 9.39 Å². The largest absolute Gasteiger partial charge is 0.490 e. The van der Waals surface area contributed by atoms with Crippen LogP contribution in [0.25, 0.3) is 6.08 Å². The number of nitrogens with zero attached hydrogens (tertiary/aromatic N) is 3. The molecule has 0 radical (unpaired) electrons. The molecule has 1 N–H and O–H groups in total. The molecule has 0 atom stereocenters. The summed E-state index contributed by atoms with van der Waals surface area (Å²) in [4.78, 5) is 17.5. The first kappa shape index (κ1) is 22.7. The predicted octanol–water partition coefficient (Wildman–Crippen LogP) is 3.16. The summed E-state index contributed by atoms with van der Waals surface area (Å²) in [5, 5.41) is 8.21. The molecule has 2 heterocycles. The van der Waals surface area contributed by atoms with Gasteiger partial charge in [-0.1, -0.05) is 37.3 Å². The van der Waals surface area contributed by atoms with Gasteiger partial charge in [-0.25, -0.2) is 13.3 Å². The average Bonchev–Trinajstić information content (AvgIpc) is 3.26. The highest BCUT2D eigenvalue weighted by Crippen LogP contribution is 2.30. The molecule has 170 valence electrons. The number of amidine groups is 3. The van der Waals surface area contributed by atoms with Crippen molar-refractivity contribution < 1.29 is 22.7 Å². The van der Waals surface area contributed by atoms with Crippen LogP contribution >= 0.6 is 11.9 Å². The fourth-order valence-electron chi connectivity index (χ4n) is 2.99. The zero-order valence-electron chi connectivity index (χ0n) is 17.6. The van der Waals surface area contributed by atoms with Gasteiger partial charge in [0, 0.05) is 0 Å². The van der Waals surface area contributed by atoms with Crippen molar-refractivity contribution in [2.75, 3.05) is 19.0 Å². The van der Waals surface area contributed by atoms with Gasteiger partial charge in [0.15, 0.2) is 0 Å². The first-order valence-corrected chi connectivity index (χ1v) is 12.4. The average molecular weight is 485 g/mol. The number of aliphatic imine (C=N–C) groups is 1. The Labute approximate surface area is 195 Å². The van der Waals surface area contributed by atoms with Crippen LogP contribution in [-0.4, -0.2) is 54.4 Å². The highest BCUT2D eigenvalue weighted by molar-refractivity contribution is 8.16. The molecule has 0 spiro atoms. The van der Waals surface area contributed by atoms with Crippen LogP contribution in [0.1, 0.15) is 12.5 Å². The van der Waals surface area contributed by atoms with Crippen LogP contribution in [0, 0.1) is 5.41 Å². The quantitative estimate of drug-likeness (QED) is 0.364. The number of nitrogens with one attached hydrogen (secondary N) is 1. The number of rotatable bonds is 7. The molecule has 33 heavy (non-hydrogen) atoms. The van der Waals surface area contributed by atoms with E-state index in [9.17, 15) is 13.2 Å². The van der Waals surface area contributed by atoms with Gasteiger partial charge < -0.3 is 9.47 Å². The smallest absolute Gasteiger partial charge is 0.283 e. The predicted molar refractivity (Wildman–Crippen MR) is 128 cm³/mol. The molecule has 0 bridgehead atoms. The van der Waals surface area contributed by atoms with E-state index in [1.54, 1.807) is 24.3 Å². The maximum atomic E-state index is 12.5. The maximum Gasteiger partial charge on any atom is 0.283 e. The van der Waals surface area contributed by atoms with Crippen molar-refractivity contribution >= 4 is 49.9 Å². The first-order chi connectivity index (χ1) is 15.9. The third-order valence-corrected chi connectivity index (χ3v) is 7.11. The van der Waals surface area contributed by atoms with Crippen molar-refractivity contribution in [1.29, 1.82) is 5.41 Å². The van der Waals surface area contributed by atoms with Gasteiger partial charge in [-0.05, 0) is 35.9 Å². The highest BCUT2D eigenvalue weighted by Gasteiger charge is 2.42. The molecular formula is C22H20N4O5S2. The summed E-state index contributed by atoms with van der Waals surface area (Å²) in [7, 11) is -3.68. The maximum absolute atomic E-state index is 12.5. The number of para-hydroxylation sites is 1. The number of fused-ring (bicyclic) bond motifs is 1. The Morgan fingerprint density at radius 1 is 1.03 bits per heavy atom. The summed E-state index contributed by atoms with van der Waals surface area (Å²) in [5.74, 6) is 0.323.